The third kappa shape index (κ3) is 5.03. The van der Waals surface area contributed by atoms with Gasteiger partial charge in [-0.15, -0.1) is 0 Å². The number of aliphatic hydroxyl groups is 2. The molecule has 0 spiro atoms. The van der Waals surface area contributed by atoms with Gasteiger partial charge in [-0.2, -0.15) is 0 Å². The Balaban J connectivity index is 1.86. The lowest BCUT2D eigenvalue weighted by Gasteiger charge is -2.51. The lowest BCUT2D eigenvalue weighted by molar-refractivity contribution is -0.123. The van der Waals surface area contributed by atoms with Crippen molar-refractivity contribution in [3.63, 3.8) is 0 Å². The average Bonchev–Trinajstić information content (AvgIpc) is 3.23. The number of fused-ring (bicyclic) bond motifs is 5. The molecule has 7 heteroatoms. The van der Waals surface area contributed by atoms with Crippen LogP contribution in [0.3, 0.4) is 0 Å². The third-order valence-corrected chi connectivity index (χ3v) is 7.62. The minimum Gasteiger partial charge on any atom is -0.453 e. The molecule has 2 aromatic carbocycles. The zero-order valence-corrected chi connectivity index (χ0v) is 22.0. The molecule has 3 N–H and O–H groups in total. The van der Waals surface area contributed by atoms with Crippen LogP contribution in [-0.2, 0) is 15.1 Å². The van der Waals surface area contributed by atoms with Gasteiger partial charge < -0.3 is 20.3 Å². The first kappa shape index (κ1) is 26.9. The molecule has 1 heterocycles. The van der Waals surface area contributed by atoms with Crippen molar-refractivity contribution in [1.29, 1.82) is 0 Å². The summed E-state index contributed by atoms with van der Waals surface area (Å²) in [5.74, 6) is -0.308. The highest BCUT2D eigenvalue weighted by Crippen LogP contribution is 2.59. The number of carbonyl (C=O) groups is 2. The second-order valence-electron chi connectivity index (χ2n) is 10.1. The molecule has 0 aromatic heterocycles. The normalized spacial score (nSPS) is 20.4. The number of nitrogens with one attached hydrogen (secondary N) is 1. The Hall–Kier alpha value is -3.16. The topological polar surface area (TPSA) is 99.1 Å². The molecular formula is C30H38N2O5. The van der Waals surface area contributed by atoms with Crippen LogP contribution < -0.4 is 5.32 Å². The van der Waals surface area contributed by atoms with Gasteiger partial charge in [0.15, 0.2) is 0 Å². The second kappa shape index (κ2) is 11.5. The van der Waals surface area contributed by atoms with Crippen molar-refractivity contribution in [2.24, 2.45) is 0 Å². The molecule has 3 atom stereocenters. The van der Waals surface area contributed by atoms with Crippen LogP contribution in [0.25, 0.3) is 11.6 Å². The molecule has 2 aliphatic rings. The van der Waals surface area contributed by atoms with Crippen LogP contribution >= 0.6 is 0 Å². The molecule has 0 saturated carbocycles. The number of aliphatic hydroxyl groups excluding tert-OH is 2. The number of hydrogen-bond donors (Lipinski definition) is 3. The van der Waals surface area contributed by atoms with Gasteiger partial charge in [0.25, 0.3) is 0 Å². The average molecular weight is 507 g/mol. The van der Waals surface area contributed by atoms with Crippen molar-refractivity contribution in [3.8, 4) is 0 Å². The quantitative estimate of drug-likeness (QED) is 0.406. The lowest BCUT2D eigenvalue weighted by Crippen LogP contribution is -2.54. The number of nitrogens with zero attached hydrogens (tertiary/aromatic N) is 1. The van der Waals surface area contributed by atoms with E-state index in [9.17, 15) is 14.7 Å². The van der Waals surface area contributed by atoms with Gasteiger partial charge in [0.1, 0.15) is 0 Å². The molecule has 0 saturated heterocycles. The molecule has 37 heavy (non-hydrogen) atoms. The Morgan fingerprint density at radius 3 is 2.68 bits per heavy atom. The van der Waals surface area contributed by atoms with E-state index in [1.54, 1.807) is 4.90 Å². The monoisotopic (exact) mass is 506 g/mol. The molecule has 0 bridgehead atoms. The zero-order valence-electron chi connectivity index (χ0n) is 22.0. The van der Waals surface area contributed by atoms with Gasteiger partial charge in [0, 0.05) is 6.54 Å². The maximum atomic E-state index is 13.7. The first-order chi connectivity index (χ1) is 17.9. The molecule has 4 rings (SSSR count). The van der Waals surface area contributed by atoms with E-state index in [1.165, 1.54) is 7.11 Å². The third-order valence-electron chi connectivity index (χ3n) is 7.62. The predicted molar refractivity (Wildman–Crippen MR) is 144 cm³/mol. The van der Waals surface area contributed by atoms with E-state index in [4.69, 9.17) is 9.84 Å². The van der Waals surface area contributed by atoms with E-state index in [2.05, 4.69) is 49.5 Å². The summed E-state index contributed by atoms with van der Waals surface area (Å²) in [6.07, 6.45) is 5.62. The minimum absolute atomic E-state index is 0.00937. The molecule has 0 fully saturated rings. The first-order valence-electron chi connectivity index (χ1n) is 13.2. The Kier molecular flexibility index (Phi) is 8.35. The van der Waals surface area contributed by atoms with Crippen LogP contribution in [0.5, 0.6) is 0 Å². The van der Waals surface area contributed by atoms with Crippen molar-refractivity contribution in [3.05, 3.63) is 70.3 Å². The number of methoxy groups -OCH3 is 1. The van der Waals surface area contributed by atoms with E-state index in [-0.39, 0.29) is 18.9 Å². The maximum Gasteiger partial charge on any atom is 0.411 e. The highest BCUT2D eigenvalue weighted by molar-refractivity contribution is 5.99. The van der Waals surface area contributed by atoms with Gasteiger partial charge in [-0.25, -0.2) is 4.79 Å². The van der Waals surface area contributed by atoms with Gasteiger partial charge in [-0.1, -0.05) is 80.6 Å². The van der Waals surface area contributed by atoms with Crippen LogP contribution in [0.4, 0.5) is 4.79 Å². The molecular weight excluding hydrogens is 468 g/mol. The summed E-state index contributed by atoms with van der Waals surface area (Å²) < 4.78 is 5.39. The number of hydrogen-bond acceptors (Lipinski definition) is 5. The van der Waals surface area contributed by atoms with Crippen molar-refractivity contribution < 1.29 is 24.5 Å². The van der Waals surface area contributed by atoms with Crippen LogP contribution in [0, 0.1) is 6.92 Å². The Bertz CT molecular complexity index is 1180. The Labute approximate surface area is 219 Å². The van der Waals surface area contributed by atoms with Crippen molar-refractivity contribution in [1.82, 2.24) is 10.2 Å². The number of amides is 2. The standard InChI is InChI=1S/C30H38N2O5/c1-4-5-6-9-14-30-25-13-12-20(2)15-21(25)16-26(30)23-10-7-8-11-24(23)27(32(30)29(36)37-3)17-28(35)31-18-22(34)19-33/h7-8,10-13,15-16,22,27,33-34H,4-6,9,14,17-19H2,1-3H3,(H,31,35). The van der Waals surface area contributed by atoms with E-state index >= 15 is 0 Å². The predicted octanol–water partition coefficient (Wildman–Crippen LogP) is 4.70. The maximum absolute atomic E-state index is 13.7. The highest BCUT2D eigenvalue weighted by Gasteiger charge is 2.55. The zero-order chi connectivity index (χ0) is 26.6. The molecule has 0 radical (unpaired) electrons. The fourth-order valence-electron chi connectivity index (χ4n) is 5.92. The summed E-state index contributed by atoms with van der Waals surface area (Å²) in [5, 5.41) is 21.6. The van der Waals surface area contributed by atoms with E-state index < -0.39 is 30.4 Å². The van der Waals surface area contributed by atoms with Crippen LogP contribution in [0.2, 0.25) is 0 Å². The molecule has 2 aromatic rings. The van der Waals surface area contributed by atoms with E-state index in [1.807, 2.05) is 18.2 Å². The largest absolute Gasteiger partial charge is 0.453 e. The summed E-state index contributed by atoms with van der Waals surface area (Å²) in [4.78, 5) is 28.5. The summed E-state index contributed by atoms with van der Waals surface area (Å²) in [7, 11) is 1.39. The van der Waals surface area contributed by atoms with Crippen molar-refractivity contribution in [2.75, 3.05) is 20.3 Å². The van der Waals surface area contributed by atoms with Gasteiger partial charge in [-0.05, 0) is 47.2 Å². The summed E-state index contributed by atoms with van der Waals surface area (Å²) in [6, 6.07) is 13.8. The molecule has 1 aliphatic heterocycles. The van der Waals surface area contributed by atoms with Crippen LogP contribution in [-0.4, -0.2) is 53.5 Å². The molecule has 7 nitrogen and oxygen atoms in total. The molecule has 3 unspecified atom stereocenters. The minimum atomic E-state index is -1.04. The van der Waals surface area contributed by atoms with Gasteiger partial charge in [0.2, 0.25) is 5.91 Å². The van der Waals surface area contributed by atoms with E-state index in [0.29, 0.717) is 0 Å². The first-order valence-corrected chi connectivity index (χ1v) is 13.2. The number of rotatable bonds is 10. The number of ether oxygens (including phenoxy) is 1. The van der Waals surface area contributed by atoms with Gasteiger partial charge >= 0.3 is 6.09 Å². The Morgan fingerprint density at radius 2 is 1.95 bits per heavy atom. The number of aryl methyl sites for hydroxylation is 1. The molecule has 198 valence electrons. The number of carbonyl (C=O) groups excluding carboxylic acids is 2. The fourth-order valence-corrected chi connectivity index (χ4v) is 5.92. The summed E-state index contributed by atoms with van der Waals surface area (Å²) >= 11 is 0. The van der Waals surface area contributed by atoms with Crippen LogP contribution in [0.15, 0.2) is 42.5 Å². The fraction of sp³-hybridized carbons (Fsp3) is 0.467. The number of benzene rings is 2. The van der Waals surface area contributed by atoms with E-state index in [0.717, 1.165) is 65.5 Å². The summed E-state index contributed by atoms with van der Waals surface area (Å²) in [5.41, 5.74) is 5.54. The van der Waals surface area contributed by atoms with Crippen LogP contribution in [0.1, 0.15) is 79.3 Å². The Morgan fingerprint density at radius 1 is 1.16 bits per heavy atom. The number of unbranched alkanes of at least 4 members (excludes halogenated alkanes) is 3. The molecule has 1 aliphatic carbocycles. The SMILES string of the molecule is CCCCCCC12C(=Cc3cc(C)ccc31)c1ccccc1C(CC(=O)NCC(O)CO)N2C(=O)OC. The van der Waals surface area contributed by atoms with Crippen molar-refractivity contribution in [2.45, 2.75) is 70.1 Å². The van der Waals surface area contributed by atoms with Gasteiger partial charge in [0.05, 0.1) is 37.8 Å². The van der Waals surface area contributed by atoms with Crippen molar-refractivity contribution >= 4 is 23.6 Å². The second-order valence-corrected chi connectivity index (χ2v) is 10.1. The smallest absolute Gasteiger partial charge is 0.411 e. The van der Waals surface area contributed by atoms with Gasteiger partial charge in [-0.3, -0.25) is 9.69 Å². The summed E-state index contributed by atoms with van der Waals surface area (Å²) in [6.45, 7) is 3.75. The highest BCUT2D eigenvalue weighted by atomic mass is 16.5. The lowest BCUT2D eigenvalue weighted by atomic mass is 9.71. The molecule has 2 amide bonds.